The van der Waals surface area contributed by atoms with Crippen LogP contribution < -0.4 is 0 Å². The smallest absolute Gasteiger partial charge is 0.334 e. The van der Waals surface area contributed by atoms with E-state index in [4.69, 9.17) is 14.2 Å². The number of carbonyl (C=O) groups is 2. The molecular weight excluding hydrogens is 300 g/mol. The van der Waals surface area contributed by atoms with Gasteiger partial charge in [0.2, 0.25) is 0 Å². The molecular formula is C17H22O6. The Labute approximate surface area is 134 Å². The summed E-state index contributed by atoms with van der Waals surface area (Å²) in [7, 11) is 0. The number of carbonyl (C=O) groups excluding carboxylic acids is 2. The van der Waals surface area contributed by atoms with E-state index in [-0.39, 0.29) is 17.9 Å². The van der Waals surface area contributed by atoms with Gasteiger partial charge < -0.3 is 19.3 Å². The van der Waals surface area contributed by atoms with Gasteiger partial charge in [0.15, 0.2) is 0 Å². The average molecular weight is 322 g/mol. The van der Waals surface area contributed by atoms with E-state index in [9.17, 15) is 14.7 Å². The lowest BCUT2D eigenvalue weighted by Gasteiger charge is -2.38. The Balaban J connectivity index is 1.83. The van der Waals surface area contributed by atoms with Crippen LogP contribution in [0.5, 0.6) is 0 Å². The lowest BCUT2D eigenvalue weighted by Crippen LogP contribution is -2.48. The second-order valence-electron chi connectivity index (χ2n) is 7.75. The zero-order valence-electron chi connectivity index (χ0n) is 13.6. The average Bonchev–Trinajstić information content (AvgIpc) is 2.90. The number of epoxide rings is 1. The van der Waals surface area contributed by atoms with Gasteiger partial charge in [-0.2, -0.15) is 0 Å². The van der Waals surface area contributed by atoms with Crippen molar-refractivity contribution in [1.82, 2.24) is 0 Å². The lowest BCUT2D eigenvalue weighted by molar-refractivity contribution is -0.163. The number of ether oxygens (including phenoxy) is 3. The maximum absolute atomic E-state index is 12.0. The van der Waals surface area contributed by atoms with Crippen LogP contribution in [-0.4, -0.2) is 46.6 Å². The van der Waals surface area contributed by atoms with Gasteiger partial charge in [-0.1, -0.05) is 6.58 Å². The summed E-state index contributed by atoms with van der Waals surface area (Å²) in [4.78, 5) is 23.7. The van der Waals surface area contributed by atoms with Gasteiger partial charge in [-0.3, -0.25) is 4.79 Å². The first-order valence-electron chi connectivity index (χ1n) is 8.14. The van der Waals surface area contributed by atoms with Crippen molar-refractivity contribution in [1.29, 1.82) is 0 Å². The molecule has 126 valence electrons. The summed E-state index contributed by atoms with van der Waals surface area (Å²) in [5.41, 5.74) is -1.12. The molecule has 0 spiro atoms. The fourth-order valence-corrected chi connectivity index (χ4v) is 5.19. The molecule has 6 nitrogen and oxygen atoms in total. The molecule has 2 heterocycles. The highest BCUT2D eigenvalue weighted by atomic mass is 16.7. The minimum atomic E-state index is -0.981. The Kier molecular flexibility index (Phi) is 2.87. The van der Waals surface area contributed by atoms with E-state index in [2.05, 4.69) is 6.58 Å². The molecule has 0 aromatic rings. The molecule has 2 aliphatic heterocycles. The summed E-state index contributed by atoms with van der Waals surface area (Å²) in [6.07, 6.45) is 0.0720. The highest BCUT2D eigenvalue weighted by molar-refractivity contribution is 5.91. The van der Waals surface area contributed by atoms with Crippen LogP contribution >= 0.6 is 0 Å². The second-order valence-corrected chi connectivity index (χ2v) is 7.75. The fourth-order valence-electron chi connectivity index (χ4n) is 5.19. The standard InChI is InChI=1S/C17H22O6/c1-7-10-12(21-8(2)18)11-9(5-6-16(11,3)20)17(4)14(23-17)13(10)22-15(7)19/h9-14,20H,1,5-6H2,2-4H3/t9-,10-,11-,12+,13+,14-,16+,17+/m0/s1. The molecule has 2 saturated carbocycles. The zero-order chi connectivity index (χ0) is 16.7. The van der Waals surface area contributed by atoms with Gasteiger partial charge in [-0.25, -0.2) is 4.79 Å². The molecule has 0 amide bonds. The number of aliphatic hydroxyl groups is 1. The molecule has 4 fully saturated rings. The van der Waals surface area contributed by atoms with Crippen LogP contribution in [-0.2, 0) is 23.8 Å². The van der Waals surface area contributed by atoms with E-state index >= 15 is 0 Å². The summed E-state index contributed by atoms with van der Waals surface area (Å²) in [5.74, 6) is -1.60. The maximum Gasteiger partial charge on any atom is 0.334 e. The highest BCUT2D eigenvalue weighted by Crippen LogP contribution is 2.63. The fraction of sp³-hybridized carbons (Fsp3) is 0.765. The summed E-state index contributed by atoms with van der Waals surface area (Å²) in [6, 6.07) is 0. The van der Waals surface area contributed by atoms with Crippen LogP contribution in [0.4, 0.5) is 0 Å². The van der Waals surface area contributed by atoms with Crippen molar-refractivity contribution in [3.05, 3.63) is 12.2 Å². The Hall–Kier alpha value is -1.40. The van der Waals surface area contributed by atoms with Crippen molar-refractivity contribution in [2.24, 2.45) is 17.8 Å². The molecule has 6 heteroatoms. The summed E-state index contributed by atoms with van der Waals surface area (Å²) in [6.45, 7) is 8.97. The first-order chi connectivity index (χ1) is 10.7. The normalized spacial score (nSPS) is 53.7. The molecule has 0 aromatic carbocycles. The predicted molar refractivity (Wildman–Crippen MR) is 78.2 cm³/mol. The van der Waals surface area contributed by atoms with Gasteiger partial charge in [0.05, 0.1) is 17.1 Å². The van der Waals surface area contributed by atoms with E-state index in [1.807, 2.05) is 6.92 Å². The van der Waals surface area contributed by atoms with Crippen molar-refractivity contribution >= 4 is 11.9 Å². The monoisotopic (exact) mass is 322 g/mol. The van der Waals surface area contributed by atoms with Gasteiger partial charge in [0.25, 0.3) is 0 Å². The van der Waals surface area contributed by atoms with Gasteiger partial charge in [0.1, 0.15) is 18.3 Å². The quantitative estimate of drug-likeness (QED) is 0.440. The third kappa shape index (κ3) is 1.88. The minimum absolute atomic E-state index is 0.0592. The Bertz CT molecular complexity index is 610. The second kappa shape index (κ2) is 4.36. The van der Waals surface area contributed by atoms with E-state index in [1.54, 1.807) is 6.92 Å². The largest absolute Gasteiger partial charge is 0.461 e. The lowest BCUT2D eigenvalue weighted by atomic mass is 9.74. The van der Waals surface area contributed by atoms with E-state index in [0.717, 1.165) is 6.42 Å². The molecule has 23 heavy (non-hydrogen) atoms. The summed E-state index contributed by atoms with van der Waals surface area (Å²) < 4.78 is 17.1. The van der Waals surface area contributed by atoms with Crippen LogP contribution in [0.2, 0.25) is 0 Å². The number of hydrogen-bond donors (Lipinski definition) is 1. The first kappa shape index (κ1) is 15.1. The summed E-state index contributed by atoms with van der Waals surface area (Å²) in [5, 5.41) is 10.9. The van der Waals surface area contributed by atoms with Gasteiger partial charge in [-0.15, -0.1) is 0 Å². The molecule has 2 saturated heterocycles. The van der Waals surface area contributed by atoms with Crippen molar-refractivity contribution < 1.29 is 28.9 Å². The number of rotatable bonds is 1. The van der Waals surface area contributed by atoms with Crippen LogP contribution in [0.3, 0.4) is 0 Å². The van der Waals surface area contributed by atoms with Crippen molar-refractivity contribution in [3.8, 4) is 0 Å². The maximum atomic E-state index is 12.0. The topological polar surface area (TPSA) is 85.4 Å². The third-order valence-electron chi connectivity index (χ3n) is 6.31. The number of esters is 2. The molecule has 1 N–H and O–H groups in total. The van der Waals surface area contributed by atoms with Crippen LogP contribution in [0, 0.1) is 17.8 Å². The Morgan fingerprint density at radius 2 is 2.13 bits per heavy atom. The minimum Gasteiger partial charge on any atom is -0.461 e. The van der Waals surface area contributed by atoms with Gasteiger partial charge >= 0.3 is 11.9 Å². The van der Waals surface area contributed by atoms with Gasteiger partial charge in [-0.05, 0) is 32.6 Å². The number of fused-ring (bicyclic) bond motifs is 5. The zero-order valence-corrected chi connectivity index (χ0v) is 13.6. The first-order valence-corrected chi connectivity index (χ1v) is 8.14. The van der Waals surface area contributed by atoms with E-state index < -0.39 is 41.3 Å². The van der Waals surface area contributed by atoms with Gasteiger partial charge in [0, 0.05) is 18.4 Å². The molecule has 0 radical (unpaired) electrons. The third-order valence-corrected chi connectivity index (χ3v) is 6.31. The molecule has 0 bridgehead atoms. The molecule has 0 aromatic heterocycles. The van der Waals surface area contributed by atoms with Crippen LogP contribution in [0.1, 0.15) is 33.6 Å². The molecule has 0 unspecified atom stereocenters. The van der Waals surface area contributed by atoms with Crippen LogP contribution in [0.15, 0.2) is 12.2 Å². The summed E-state index contributed by atoms with van der Waals surface area (Å²) >= 11 is 0. The Morgan fingerprint density at radius 1 is 1.43 bits per heavy atom. The SMILES string of the molecule is C=C1C(=O)O[C@@H]2[C@@H]1[C@@H](OC(C)=O)[C@@H]1[C@H](CC[C@@]1(C)O)[C@@]1(C)O[C@@H]21. The Morgan fingerprint density at radius 3 is 2.78 bits per heavy atom. The highest BCUT2D eigenvalue weighted by Gasteiger charge is 2.74. The van der Waals surface area contributed by atoms with E-state index in [0.29, 0.717) is 12.0 Å². The van der Waals surface area contributed by atoms with Crippen molar-refractivity contribution in [2.75, 3.05) is 0 Å². The number of hydrogen-bond acceptors (Lipinski definition) is 6. The van der Waals surface area contributed by atoms with Crippen molar-refractivity contribution in [2.45, 2.75) is 63.1 Å². The molecule has 4 aliphatic rings. The molecule has 4 rings (SSSR count). The van der Waals surface area contributed by atoms with Crippen molar-refractivity contribution in [3.63, 3.8) is 0 Å². The molecule has 8 atom stereocenters. The van der Waals surface area contributed by atoms with E-state index in [1.165, 1.54) is 6.92 Å². The van der Waals surface area contributed by atoms with Crippen LogP contribution in [0.25, 0.3) is 0 Å². The molecule has 2 aliphatic carbocycles. The predicted octanol–water partition coefficient (Wildman–Crippen LogP) is 0.964.